The van der Waals surface area contributed by atoms with Gasteiger partial charge in [-0.3, -0.25) is 5.32 Å². The van der Waals surface area contributed by atoms with Gasteiger partial charge in [-0.15, -0.1) is 0 Å². The number of nitrogens with zero attached hydrogens (tertiary/aromatic N) is 1. The Morgan fingerprint density at radius 3 is 2.56 bits per heavy atom. The van der Waals surface area contributed by atoms with Crippen molar-refractivity contribution in [3.8, 4) is 11.8 Å². The van der Waals surface area contributed by atoms with E-state index in [9.17, 15) is 0 Å². The average molecular weight is 246 g/mol. The summed E-state index contributed by atoms with van der Waals surface area (Å²) in [4.78, 5) is 0. The Hall–Kier alpha value is -1.53. The van der Waals surface area contributed by atoms with Gasteiger partial charge < -0.3 is 4.74 Å². The molecule has 3 heteroatoms. The van der Waals surface area contributed by atoms with Gasteiger partial charge in [0.15, 0.2) is 0 Å². The Balaban J connectivity index is 2.68. The van der Waals surface area contributed by atoms with Crippen molar-refractivity contribution < 1.29 is 4.74 Å². The summed E-state index contributed by atoms with van der Waals surface area (Å²) in [6.07, 6.45) is 1.01. The van der Waals surface area contributed by atoms with Gasteiger partial charge in [-0.1, -0.05) is 19.1 Å². The molecule has 0 radical (unpaired) electrons. The molecule has 0 saturated carbocycles. The molecule has 1 atom stereocenters. The summed E-state index contributed by atoms with van der Waals surface area (Å²) >= 11 is 0. The summed E-state index contributed by atoms with van der Waals surface area (Å²) in [5.41, 5.74) is 3.48. The van der Waals surface area contributed by atoms with Gasteiger partial charge in [0.2, 0.25) is 0 Å². The fourth-order valence-corrected chi connectivity index (χ4v) is 1.77. The molecule has 0 aromatic heterocycles. The third-order valence-electron chi connectivity index (χ3n) is 3.06. The smallest absolute Gasteiger partial charge is 0.130 e. The Bertz CT molecular complexity index is 435. The highest BCUT2D eigenvalue weighted by Gasteiger charge is 2.10. The van der Waals surface area contributed by atoms with E-state index in [0.29, 0.717) is 6.61 Å². The number of hydrogen-bond donors (Lipinski definition) is 1. The van der Waals surface area contributed by atoms with Crippen LogP contribution in [0.25, 0.3) is 0 Å². The monoisotopic (exact) mass is 246 g/mol. The highest BCUT2D eigenvalue weighted by atomic mass is 16.5. The lowest BCUT2D eigenvalue weighted by Crippen LogP contribution is -2.34. The molecule has 0 heterocycles. The first-order chi connectivity index (χ1) is 8.60. The summed E-state index contributed by atoms with van der Waals surface area (Å²) < 4.78 is 5.81. The maximum Gasteiger partial charge on any atom is 0.130 e. The first kappa shape index (κ1) is 14.5. The number of nitrogens with one attached hydrogen (secondary N) is 1. The van der Waals surface area contributed by atoms with Crippen molar-refractivity contribution >= 4 is 0 Å². The standard InChI is InChI=1S/C15H22N2O/c1-5-8-17-14(9-16)10-18-15-12(3)7-6-11(2)13(15)4/h6-7,14,17H,5,8,10H2,1-4H3. The van der Waals surface area contributed by atoms with Gasteiger partial charge in [0.25, 0.3) is 0 Å². The lowest BCUT2D eigenvalue weighted by molar-refractivity contribution is 0.286. The zero-order chi connectivity index (χ0) is 13.5. The maximum atomic E-state index is 9.03. The van der Waals surface area contributed by atoms with E-state index in [2.05, 4.69) is 44.3 Å². The first-order valence-electron chi connectivity index (χ1n) is 6.42. The van der Waals surface area contributed by atoms with Crippen LogP contribution in [0, 0.1) is 32.1 Å². The minimum Gasteiger partial charge on any atom is -0.490 e. The molecule has 0 bridgehead atoms. The van der Waals surface area contributed by atoms with E-state index in [1.54, 1.807) is 0 Å². The molecule has 1 rings (SSSR count). The van der Waals surface area contributed by atoms with Gasteiger partial charge in [0.1, 0.15) is 18.4 Å². The quantitative estimate of drug-likeness (QED) is 0.839. The molecule has 0 spiro atoms. The Morgan fingerprint density at radius 1 is 1.28 bits per heavy atom. The van der Waals surface area contributed by atoms with Crippen molar-refractivity contribution in [3.05, 3.63) is 28.8 Å². The Kier molecular flexibility index (Phi) is 5.67. The average Bonchev–Trinajstić information content (AvgIpc) is 2.37. The molecule has 1 unspecified atom stereocenters. The van der Waals surface area contributed by atoms with Crippen LogP contribution in [0.2, 0.25) is 0 Å². The summed E-state index contributed by atoms with van der Waals surface area (Å²) in [6.45, 7) is 9.46. The topological polar surface area (TPSA) is 45.0 Å². The number of nitriles is 1. The highest BCUT2D eigenvalue weighted by Crippen LogP contribution is 2.25. The number of benzene rings is 1. The predicted molar refractivity (Wildman–Crippen MR) is 73.8 cm³/mol. The van der Waals surface area contributed by atoms with Crippen LogP contribution in [0.15, 0.2) is 12.1 Å². The normalized spacial score (nSPS) is 11.9. The van der Waals surface area contributed by atoms with E-state index in [1.807, 2.05) is 6.92 Å². The maximum absolute atomic E-state index is 9.03. The number of aryl methyl sites for hydroxylation is 2. The second-order valence-corrected chi connectivity index (χ2v) is 4.60. The molecule has 1 N–H and O–H groups in total. The van der Waals surface area contributed by atoms with Gasteiger partial charge in [0.05, 0.1) is 6.07 Å². The van der Waals surface area contributed by atoms with Crippen LogP contribution >= 0.6 is 0 Å². The molecule has 18 heavy (non-hydrogen) atoms. The molecular weight excluding hydrogens is 224 g/mol. The van der Waals surface area contributed by atoms with Crippen LogP contribution in [-0.4, -0.2) is 19.2 Å². The zero-order valence-corrected chi connectivity index (χ0v) is 11.7. The fourth-order valence-electron chi connectivity index (χ4n) is 1.77. The van der Waals surface area contributed by atoms with Gasteiger partial charge in [-0.05, 0) is 50.4 Å². The molecule has 0 saturated heterocycles. The Morgan fingerprint density at radius 2 is 1.94 bits per heavy atom. The first-order valence-corrected chi connectivity index (χ1v) is 6.42. The second-order valence-electron chi connectivity index (χ2n) is 4.60. The van der Waals surface area contributed by atoms with E-state index in [-0.39, 0.29) is 6.04 Å². The minimum absolute atomic E-state index is 0.246. The molecular formula is C15H22N2O. The lowest BCUT2D eigenvalue weighted by Gasteiger charge is -2.16. The molecule has 0 aliphatic heterocycles. The van der Waals surface area contributed by atoms with E-state index >= 15 is 0 Å². The number of rotatable bonds is 6. The third kappa shape index (κ3) is 3.75. The van der Waals surface area contributed by atoms with Crippen molar-refractivity contribution in [2.24, 2.45) is 0 Å². The van der Waals surface area contributed by atoms with Gasteiger partial charge in [-0.25, -0.2) is 0 Å². The zero-order valence-electron chi connectivity index (χ0n) is 11.7. The van der Waals surface area contributed by atoms with Gasteiger partial charge >= 0.3 is 0 Å². The summed E-state index contributed by atoms with van der Waals surface area (Å²) in [7, 11) is 0. The van der Waals surface area contributed by atoms with Crippen molar-refractivity contribution in [2.45, 2.75) is 40.2 Å². The van der Waals surface area contributed by atoms with Crippen molar-refractivity contribution in [1.82, 2.24) is 5.32 Å². The van der Waals surface area contributed by atoms with Crippen molar-refractivity contribution in [1.29, 1.82) is 5.26 Å². The number of ether oxygens (including phenoxy) is 1. The van der Waals surface area contributed by atoms with Gasteiger partial charge in [0, 0.05) is 0 Å². The molecule has 3 nitrogen and oxygen atoms in total. The molecule has 1 aromatic rings. The van der Waals surface area contributed by atoms with Crippen molar-refractivity contribution in [2.75, 3.05) is 13.2 Å². The molecule has 98 valence electrons. The SMILES string of the molecule is CCCNC(C#N)COc1c(C)ccc(C)c1C. The molecule has 0 amide bonds. The van der Waals surface area contributed by atoms with Crippen molar-refractivity contribution in [3.63, 3.8) is 0 Å². The number of hydrogen-bond acceptors (Lipinski definition) is 3. The fraction of sp³-hybridized carbons (Fsp3) is 0.533. The summed E-state index contributed by atoms with van der Waals surface area (Å²) in [6, 6.07) is 6.12. The van der Waals surface area contributed by atoms with Crippen LogP contribution in [0.3, 0.4) is 0 Å². The van der Waals surface area contributed by atoms with E-state index in [4.69, 9.17) is 10.00 Å². The van der Waals surface area contributed by atoms with Crippen LogP contribution in [-0.2, 0) is 0 Å². The van der Waals surface area contributed by atoms with Gasteiger partial charge in [-0.2, -0.15) is 5.26 Å². The lowest BCUT2D eigenvalue weighted by atomic mass is 10.1. The summed E-state index contributed by atoms with van der Waals surface area (Å²) in [5, 5.41) is 12.2. The molecule has 1 aromatic carbocycles. The Labute approximate surface area is 110 Å². The largest absolute Gasteiger partial charge is 0.490 e. The van der Waals surface area contributed by atoms with Crippen LogP contribution in [0.1, 0.15) is 30.0 Å². The molecule has 0 fully saturated rings. The minimum atomic E-state index is -0.246. The third-order valence-corrected chi connectivity index (χ3v) is 3.06. The van der Waals surface area contributed by atoms with Crippen LogP contribution < -0.4 is 10.1 Å². The second kappa shape index (κ2) is 7.03. The van der Waals surface area contributed by atoms with E-state index in [0.717, 1.165) is 29.8 Å². The predicted octanol–water partition coefficient (Wildman–Crippen LogP) is 2.88. The summed E-state index contributed by atoms with van der Waals surface area (Å²) in [5.74, 6) is 0.911. The van der Waals surface area contributed by atoms with Crippen LogP contribution in [0.4, 0.5) is 0 Å². The van der Waals surface area contributed by atoms with Crippen LogP contribution in [0.5, 0.6) is 5.75 Å². The molecule has 0 aliphatic carbocycles. The highest BCUT2D eigenvalue weighted by molar-refractivity contribution is 5.44. The van der Waals surface area contributed by atoms with E-state index < -0.39 is 0 Å². The van der Waals surface area contributed by atoms with E-state index in [1.165, 1.54) is 5.56 Å². The molecule has 0 aliphatic rings.